The zero-order chi connectivity index (χ0) is 9.30. The molecule has 1 aliphatic heterocycles. The second-order valence-electron chi connectivity index (χ2n) is 2.81. The Labute approximate surface area is 69.2 Å². The summed E-state index contributed by atoms with van der Waals surface area (Å²) in [6, 6.07) is -1.04. The van der Waals surface area contributed by atoms with E-state index >= 15 is 0 Å². The molecule has 12 heavy (non-hydrogen) atoms. The topological polar surface area (TPSA) is 116 Å². The van der Waals surface area contributed by atoms with Gasteiger partial charge >= 0.3 is 0 Å². The fourth-order valence-electron chi connectivity index (χ4n) is 1.12. The summed E-state index contributed by atoms with van der Waals surface area (Å²) in [5, 5.41) is 36.1. The Bertz CT molecular complexity index is 150. The molecule has 0 bridgehead atoms. The van der Waals surface area contributed by atoms with Crippen LogP contribution in [0.1, 0.15) is 0 Å². The maximum atomic E-state index is 9.20. The quantitative estimate of drug-likeness (QED) is 0.288. The summed E-state index contributed by atoms with van der Waals surface area (Å²) >= 11 is 0. The smallest absolute Gasteiger partial charge is 0.173 e. The summed E-state index contributed by atoms with van der Waals surface area (Å²) in [6.45, 7) is -0.470. The summed E-state index contributed by atoms with van der Waals surface area (Å²) in [4.78, 5) is 0. The fraction of sp³-hybridized carbons (Fsp3) is 1.00. The van der Waals surface area contributed by atoms with E-state index in [9.17, 15) is 10.2 Å². The number of aliphatic hydroxyl groups is 4. The van der Waals surface area contributed by atoms with E-state index in [0.29, 0.717) is 0 Å². The second kappa shape index (κ2) is 3.65. The third-order valence-electron chi connectivity index (χ3n) is 1.95. The molecule has 6 nitrogen and oxygen atoms in total. The normalized spacial score (nSPS) is 49.2. The molecule has 1 aliphatic rings. The molecule has 1 saturated heterocycles. The molecule has 0 amide bonds. The third kappa shape index (κ3) is 1.58. The van der Waals surface area contributed by atoms with Crippen LogP contribution in [-0.4, -0.2) is 57.7 Å². The number of hydrogen-bond donors (Lipinski definition) is 5. The van der Waals surface area contributed by atoms with E-state index in [1.807, 2.05) is 0 Å². The molecule has 0 aliphatic carbocycles. The third-order valence-corrected chi connectivity index (χ3v) is 1.95. The predicted octanol–water partition coefficient (Wildman–Crippen LogP) is -3.25. The molecule has 0 aromatic rings. The monoisotopic (exact) mass is 179 g/mol. The van der Waals surface area contributed by atoms with Crippen LogP contribution in [0.25, 0.3) is 0 Å². The van der Waals surface area contributed by atoms with Crippen LogP contribution in [-0.2, 0) is 4.74 Å². The zero-order valence-electron chi connectivity index (χ0n) is 6.37. The van der Waals surface area contributed by atoms with Gasteiger partial charge in [-0.15, -0.1) is 0 Å². The van der Waals surface area contributed by atoms with Crippen molar-refractivity contribution in [1.82, 2.24) is 0 Å². The number of nitrogens with two attached hydrogens (primary N) is 1. The van der Waals surface area contributed by atoms with E-state index in [2.05, 4.69) is 0 Å². The highest BCUT2D eigenvalue weighted by molar-refractivity contribution is 4.90. The van der Waals surface area contributed by atoms with E-state index in [1.54, 1.807) is 0 Å². The van der Waals surface area contributed by atoms with Crippen LogP contribution in [0.4, 0.5) is 0 Å². The van der Waals surface area contributed by atoms with Crippen molar-refractivity contribution >= 4 is 0 Å². The molecule has 1 fully saturated rings. The zero-order valence-corrected chi connectivity index (χ0v) is 6.37. The van der Waals surface area contributed by atoms with E-state index in [-0.39, 0.29) is 0 Å². The average Bonchev–Trinajstić information content (AvgIpc) is 2.08. The van der Waals surface area contributed by atoms with E-state index in [1.165, 1.54) is 0 Å². The first-order chi connectivity index (χ1) is 5.57. The highest BCUT2D eigenvalue weighted by Crippen LogP contribution is 2.17. The van der Waals surface area contributed by atoms with Crippen LogP contribution in [0.15, 0.2) is 0 Å². The van der Waals surface area contributed by atoms with Crippen LogP contribution < -0.4 is 5.73 Å². The van der Waals surface area contributed by atoms with Gasteiger partial charge < -0.3 is 30.9 Å². The SMILES string of the molecule is N[C@H]1C(O)O[C@@H](CO)[C@H](O)[C@@H]1O. The van der Waals surface area contributed by atoms with Gasteiger partial charge in [-0.05, 0) is 0 Å². The molecule has 1 unspecified atom stereocenters. The van der Waals surface area contributed by atoms with E-state index in [0.717, 1.165) is 0 Å². The van der Waals surface area contributed by atoms with Gasteiger partial charge in [-0.25, -0.2) is 0 Å². The molecule has 0 aromatic carbocycles. The molecule has 6 N–H and O–H groups in total. The summed E-state index contributed by atoms with van der Waals surface area (Å²) in [7, 11) is 0. The number of rotatable bonds is 1. The lowest BCUT2D eigenvalue weighted by atomic mass is 9.98. The van der Waals surface area contributed by atoms with Gasteiger partial charge in [0.05, 0.1) is 12.6 Å². The first-order valence-corrected chi connectivity index (χ1v) is 3.64. The van der Waals surface area contributed by atoms with Gasteiger partial charge in [0, 0.05) is 0 Å². The molecule has 1 rings (SSSR count). The Balaban J connectivity index is 2.63. The number of aliphatic hydroxyl groups excluding tert-OH is 4. The standard InChI is InChI=1S/C6H13NO5/c7-3-5(10)4(9)2(1-8)12-6(3)11/h2-6,8-11H,1,7H2/t2-,3+,4-,5+,6?/m0/s1. The molecular formula is C6H13NO5. The van der Waals surface area contributed by atoms with Crippen LogP contribution in [0, 0.1) is 0 Å². The minimum Gasteiger partial charge on any atom is -0.394 e. The molecule has 72 valence electrons. The van der Waals surface area contributed by atoms with Crippen LogP contribution >= 0.6 is 0 Å². The van der Waals surface area contributed by atoms with E-state index in [4.69, 9.17) is 20.7 Å². The minimum absolute atomic E-state index is 0.470. The van der Waals surface area contributed by atoms with Gasteiger partial charge in [0.25, 0.3) is 0 Å². The number of hydrogen-bond acceptors (Lipinski definition) is 6. The minimum atomic E-state index is -1.35. The molecule has 0 aromatic heterocycles. The van der Waals surface area contributed by atoms with Gasteiger partial charge in [0.1, 0.15) is 18.3 Å². The van der Waals surface area contributed by atoms with E-state index < -0.39 is 37.3 Å². The lowest BCUT2D eigenvalue weighted by Gasteiger charge is -2.38. The Morgan fingerprint density at radius 2 is 1.75 bits per heavy atom. The Hall–Kier alpha value is -0.240. The van der Waals surface area contributed by atoms with Crippen molar-refractivity contribution in [3.63, 3.8) is 0 Å². The van der Waals surface area contributed by atoms with Crippen LogP contribution in [0.2, 0.25) is 0 Å². The summed E-state index contributed by atoms with van der Waals surface area (Å²) in [5.41, 5.74) is 5.26. The first kappa shape index (κ1) is 9.85. The molecule has 6 heteroatoms. The lowest BCUT2D eigenvalue weighted by Crippen LogP contribution is -2.61. The largest absolute Gasteiger partial charge is 0.394 e. The Kier molecular flexibility index (Phi) is 2.99. The van der Waals surface area contributed by atoms with Gasteiger partial charge in [-0.2, -0.15) is 0 Å². The van der Waals surface area contributed by atoms with Gasteiger partial charge in [-0.1, -0.05) is 0 Å². The van der Waals surface area contributed by atoms with Crippen molar-refractivity contribution in [1.29, 1.82) is 0 Å². The highest BCUT2D eigenvalue weighted by Gasteiger charge is 2.41. The fourth-order valence-corrected chi connectivity index (χ4v) is 1.12. The molecule has 1 heterocycles. The summed E-state index contributed by atoms with van der Waals surface area (Å²) in [6.07, 6.45) is -4.85. The summed E-state index contributed by atoms with van der Waals surface area (Å²) in [5.74, 6) is 0. The van der Waals surface area contributed by atoms with Crippen LogP contribution in [0.5, 0.6) is 0 Å². The predicted molar refractivity (Wildman–Crippen MR) is 38.0 cm³/mol. The average molecular weight is 179 g/mol. The molecule has 0 saturated carbocycles. The molecule has 0 spiro atoms. The van der Waals surface area contributed by atoms with Crippen molar-refractivity contribution in [2.75, 3.05) is 6.61 Å². The lowest BCUT2D eigenvalue weighted by molar-refractivity contribution is -0.248. The van der Waals surface area contributed by atoms with Gasteiger partial charge in [0.2, 0.25) is 0 Å². The van der Waals surface area contributed by atoms with Gasteiger partial charge in [0.15, 0.2) is 6.29 Å². The molecule has 5 atom stereocenters. The maximum absolute atomic E-state index is 9.20. The van der Waals surface area contributed by atoms with Crippen molar-refractivity contribution in [2.24, 2.45) is 5.73 Å². The maximum Gasteiger partial charge on any atom is 0.173 e. The van der Waals surface area contributed by atoms with Gasteiger partial charge in [-0.3, -0.25) is 0 Å². The molecule has 0 radical (unpaired) electrons. The summed E-state index contributed by atoms with van der Waals surface area (Å²) < 4.78 is 4.70. The van der Waals surface area contributed by atoms with Crippen LogP contribution in [0.3, 0.4) is 0 Å². The Morgan fingerprint density at radius 3 is 2.25 bits per heavy atom. The second-order valence-corrected chi connectivity index (χ2v) is 2.81. The molecular weight excluding hydrogens is 166 g/mol. The van der Waals surface area contributed by atoms with Crippen molar-refractivity contribution in [3.8, 4) is 0 Å². The van der Waals surface area contributed by atoms with Crippen molar-refractivity contribution in [2.45, 2.75) is 30.6 Å². The van der Waals surface area contributed by atoms with Crippen molar-refractivity contribution in [3.05, 3.63) is 0 Å². The van der Waals surface area contributed by atoms with Crippen molar-refractivity contribution < 1.29 is 25.2 Å². The Morgan fingerprint density at radius 1 is 1.17 bits per heavy atom. The first-order valence-electron chi connectivity index (χ1n) is 3.64. The number of ether oxygens (including phenoxy) is 1. The highest BCUT2D eigenvalue weighted by atomic mass is 16.6.